The number of aromatic hydroxyl groups is 1. The molecule has 0 bridgehead atoms. The second kappa shape index (κ2) is 3.95. The molecule has 0 radical (unpaired) electrons. The Morgan fingerprint density at radius 3 is 2.11 bits per heavy atom. The van der Waals surface area contributed by atoms with Crippen molar-refractivity contribution in [3.05, 3.63) is 22.7 Å². The lowest BCUT2D eigenvalue weighted by molar-refractivity contribution is 0.476. The normalized spacial score (nSPS) is 13.2. The van der Waals surface area contributed by atoms with Gasteiger partial charge >= 0.3 is 0 Å². The van der Waals surface area contributed by atoms with Crippen LogP contribution in [0.25, 0.3) is 10.2 Å². The number of thiazole rings is 1. The zero-order chi connectivity index (χ0) is 13.7. The van der Waals surface area contributed by atoms with Gasteiger partial charge in [-0.25, -0.2) is 4.98 Å². The predicted octanol–water partition coefficient (Wildman–Crippen LogP) is 4.60. The lowest BCUT2D eigenvalue weighted by Gasteiger charge is -2.19. The largest absolute Gasteiger partial charge is 0.506 e. The zero-order valence-corrected chi connectivity index (χ0v) is 12.8. The van der Waals surface area contributed by atoms with Crippen molar-refractivity contribution in [2.75, 3.05) is 0 Å². The molecule has 1 heterocycles. The maximum Gasteiger partial charge on any atom is 0.142 e. The van der Waals surface area contributed by atoms with Gasteiger partial charge in [0.1, 0.15) is 11.3 Å². The number of benzene rings is 1. The summed E-state index contributed by atoms with van der Waals surface area (Å²) < 4.78 is 1.07. The number of fused-ring (bicyclic) bond motifs is 1. The molecule has 0 aliphatic heterocycles. The van der Waals surface area contributed by atoms with Crippen LogP contribution in [0, 0.1) is 0 Å². The van der Waals surface area contributed by atoms with E-state index in [1.54, 1.807) is 11.3 Å². The van der Waals surface area contributed by atoms with E-state index in [4.69, 9.17) is 0 Å². The minimum atomic E-state index is 0.0258. The molecular formula is C15H21NOS. The Kier molecular flexibility index (Phi) is 2.93. The number of phenolic OH excluding ortho intramolecular Hbond substituents is 1. The lowest BCUT2D eigenvalue weighted by Crippen LogP contribution is -2.10. The van der Waals surface area contributed by atoms with Crippen molar-refractivity contribution in [3.63, 3.8) is 0 Å². The quantitative estimate of drug-likeness (QED) is 0.753. The molecule has 0 saturated heterocycles. The highest BCUT2D eigenvalue weighted by molar-refractivity contribution is 7.18. The van der Waals surface area contributed by atoms with Crippen LogP contribution in [0.2, 0.25) is 0 Å². The van der Waals surface area contributed by atoms with Gasteiger partial charge in [-0.3, -0.25) is 0 Å². The highest BCUT2D eigenvalue weighted by atomic mass is 32.1. The Bertz CT molecular complexity index is 585. The van der Waals surface area contributed by atoms with Crippen molar-refractivity contribution in [2.45, 2.75) is 52.4 Å². The van der Waals surface area contributed by atoms with Crippen LogP contribution < -0.4 is 0 Å². The molecule has 0 unspecified atom stereocenters. The van der Waals surface area contributed by atoms with E-state index in [0.717, 1.165) is 20.8 Å². The van der Waals surface area contributed by atoms with Crippen LogP contribution in [0.5, 0.6) is 5.75 Å². The smallest absolute Gasteiger partial charge is 0.142 e. The molecule has 98 valence electrons. The summed E-state index contributed by atoms with van der Waals surface area (Å²) in [6.07, 6.45) is 0. The fraction of sp³-hybridized carbons (Fsp3) is 0.533. The Hall–Kier alpha value is -1.09. The van der Waals surface area contributed by atoms with Crippen LogP contribution in [-0.2, 0) is 10.8 Å². The number of rotatable bonds is 0. The monoisotopic (exact) mass is 263 g/mol. The molecule has 0 fully saturated rings. The Balaban J connectivity index is 2.67. The molecule has 0 aliphatic carbocycles. The standard InChI is InChI=1S/C15H21NOS/c1-14(2,3)9-7-10(17)12-11(8-9)18-13(16-12)15(4,5)6/h7-8,17H,1-6H3. The molecule has 2 nitrogen and oxygen atoms in total. The van der Waals surface area contributed by atoms with E-state index in [-0.39, 0.29) is 10.8 Å². The molecule has 2 aromatic rings. The molecule has 3 heteroatoms. The van der Waals surface area contributed by atoms with Crippen LogP contribution in [0.1, 0.15) is 52.1 Å². The van der Waals surface area contributed by atoms with Gasteiger partial charge in [0.15, 0.2) is 0 Å². The van der Waals surface area contributed by atoms with E-state index in [2.05, 4.69) is 52.6 Å². The van der Waals surface area contributed by atoms with E-state index in [1.807, 2.05) is 6.07 Å². The van der Waals surface area contributed by atoms with Gasteiger partial charge in [-0.2, -0.15) is 0 Å². The average molecular weight is 263 g/mol. The molecule has 0 atom stereocenters. The van der Waals surface area contributed by atoms with Gasteiger partial charge in [-0.1, -0.05) is 41.5 Å². The maximum atomic E-state index is 10.1. The van der Waals surface area contributed by atoms with Gasteiger partial charge in [0.2, 0.25) is 0 Å². The first-order valence-electron chi connectivity index (χ1n) is 6.23. The first kappa shape index (κ1) is 13.3. The van der Waals surface area contributed by atoms with Crippen LogP contribution in [0.4, 0.5) is 0 Å². The Labute approximate surface area is 113 Å². The van der Waals surface area contributed by atoms with Crippen molar-refractivity contribution >= 4 is 21.6 Å². The van der Waals surface area contributed by atoms with Crippen molar-refractivity contribution < 1.29 is 5.11 Å². The number of phenols is 1. The van der Waals surface area contributed by atoms with Crippen LogP contribution >= 0.6 is 11.3 Å². The van der Waals surface area contributed by atoms with Gasteiger partial charge in [0.25, 0.3) is 0 Å². The molecule has 18 heavy (non-hydrogen) atoms. The Morgan fingerprint density at radius 1 is 1.00 bits per heavy atom. The molecule has 0 spiro atoms. The highest BCUT2D eigenvalue weighted by Crippen LogP contribution is 2.38. The van der Waals surface area contributed by atoms with Crippen molar-refractivity contribution in [3.8, 4) is 5.75 Å². The summed E-state index contributed by atoms with van der Waals surface area (Å²) >= 11 is 1.68. The van der Waals surface area contributed by atoms with E-state index >= 15 is 0 Å². The average Bonchev–Trinajstić information content (AvgIpc) is 2.59. The molecule has 1 aromatic carbocycles. The summed E-state index contributed by atoms with van der Waals surface area (Å²) in [7, 11) is 0. The highest BCUT2D eigenvalue weighted by Gasteiger charge is 2.22. The minimum absolute atomic E-state index is 0.0258. The number of hydrogen-bond donors (Lipinski definition) is 1. The van der Waals surface area contributed by atoms with Gasteiger partial charge in [0.05, 0.1) is 9.71 Å². The predicted molar refractivity (Wildman–Crippen MR) is 78.7 cm³/mol. The third kappa shape index (κ3) is 2.37. The van der Waals surface area contributed by atoms with Crippen molar-refractivity contribution in [1.29, 1.82) is 0 Å². The molecular weight excluding hydrogens is 242 g/mol. The van der Waals surface area contributed by atoms with Crippen LogP contribution in [0.3, 0.4) is 0 Å². The maximum absolute atomic E-state index is 10.1. The lowest BCUT2D eigenvalue weighted by atomic mass is 9.87. The summed E-state index contributed by atoms with van der Waals surface area (Å²) in [6.45, 7) is 12.9. The summed E-state index contributed by atoms with van der Waals surface area (Å²) in [5.74, 6) is 0.296. The number of hydrogen-bond acceptors (Lipinski definition) is 3. The van der Waals surface area contributed by atoms with E-state index < -0.39 is 0 Å². The van der Waals surface area contributed by atoms with Gasteiger partial charge < -0.3 is 5.11 Å². The second-order valence-electron chi connectivity index (χ2n) is 6.86. The molecule has 1 N–H and O–H groups in total. The molecule has 0 amide bonds. The summed E-state index contributed by atoms with van der Waals surface area (Å²) in [6, 6.07) is 4.00. The fourth-order valence-corrected chi connectivity index (χ4v) is 2.85. The molecule has 2 rings (SSSR count). The van der Waals surface area contributed by atoms with Gasteiger partial charge in [-0.05, 0) is 23.1 Å². The zero-order valence-electron chi connectivity index (χ0n) is 12.0. The van der Waals surface area contributed by atoms with E-state index in [0.29, 0.717) is 5.75 Å². The molecule has 0 aliphatic rings. The van der Waals surface area contributed by atoms with E-state index in [1.165, 1.54) is 0 Å². The number of aromatic nitrogens is 1. The summed E-state index contributed by atoms with van der Waals surface area (Å²) in [5, 5.41) is 11.2. The topological polar surface area (TPSA) is 33.1 Å². The van der Waals surface area contributed by atoms with Gasteiger partial charge in [0, 0.05) is 5.41 Å². The van der Waals surface area contributed by atoms with Crippen molar-refractivity contribution in [2.24, 2.45) is 0 Å². The minimum Gasteiger partial charge on any atom is -0.506 e. The third-order valence-electron chi connectivity index (χ3n) is 2.98. The van der Waals surface area contributed by atoms with E-state index in [9.17, 15) is 5.11 Å². The fourth-order valence-electron chi connectivity index (χ4n) is 1.77. The van der Waals surface area contributed by atoms with Crippen LogP contribution in [-0.4, -0.2) is 10.1 Å². The summed E-state index contributed by atoms with van der Waals surface area (Å²) in [5.41, 5.74) is 1.95. The third-order valence-corrected chi connectivity index (χ3v) is 4.41. The summed E-state index contributed by atoms with van der Waals surface area (Å²) in [4.78, 5) is 4.58. The first-order valence-corrected chi connectivity index (χ1v) is 7.05. The molecule has 0 saturated carbocycles. The molecule has 1 aromatic heterocycles. The SMILES string of the molecule is CC(C)(C)c1cc(O)c2nc(C(C)(C)C)sc2c1. The number of nitrogens with zero attached hydrogens (tertiary/aromatic N) is 1. The first-order chi connectivity index (χ1) is 8.09. The van der Waals surface area contributed by atoms with Gasteiger partial charge in [-0.15, -0.1) is 11.3 Å². The van der Waals surface area contributed by atoms with Crippen LogP contribution in [0.15, 0.2) is 12.1 Å². The second-order valence-corrected chi connectivity index (χ2v) is 7.89. The Morgan fingerprint density at radius 2 is 1.61 bits per heavy atom. The van der Waals surface area contributed by atoms with Crippen molar-refractivity contribution in [1.82, 2.24) is 4.98 Å².